The minimum absolute atomic E-state index is 0.0772. The van der Waals surface area contributed by atoms with Gasteiger partial charge >= 0.3 is 0 Å². The minimum Gasteiger partial charge on any atom is -0.492 e. The van der Waals surface area contributed by atoms with Crippen LogP contribution in [0.5, 0.6) is 5.75 Å². The van der Waals surface area contributed by atoms with Crippen molar-refractivity contribution in [3.8, 4) is 5.75 Å². The van der Waals surface area contributed by atoms with Crippen LogP contribution in [0.25, 0.3) is 0 Å². The molecule has 0 spiro atoms. The number of carbonyl (C=O) groups is 1. The maximum atomic E-state index is 12.2. The summed E-state index contributed by atoms with van der Waals surface area (Å²) in [4.78, 5) is 12.2. The number of aryl methyl sites for hydroxylation is 1. The lowest BCUT2D eigenvalue weighted by molar-refractivity contribution is -0.126. The van der Waals surface area contributed by atoms with E-state index in [0.29, 0.717) is 13.2 Å². The molecule has 0 fully saturated rings. The van der Waals surface area contributed by atoms with Crippen LogP contribution >= 0.6 is 0 Å². The first-order chi connectivity index (χ1) is 10.8. The summed E-state index contributed by atoms with van der Waals surface area (Å²) >= 11 is 0. The summed E-state index contributed by atoms with van der Waals surface area (Å²) in [5.41, 5.74) is 2.44. The van der Waals surface area contributed by atoms with E-state index in [-0.39, 0.29) is 11.8 Å². The quantitative estimate of drug-likeness (QED) is 0.861. The predicted molar refractivity (Wildman–Crippen MR) is 86.9 cm³/mol. The van der Waals surface area contributed by atoms with Gasteiger partial charge in [0.2, 0.25) is 5.91 Å². The molecule has 114 valence electrons. The van der Waals surface area contributed by atoms with Gasteiger partial charge in [0.05, 0.1) is 5.92 Å². The molecule has 1 heterocycles. The van der Waals surface area contributed by atoms with Gasteiger partial charge in [-0.25, -0.2) is 0 Å². The molecule has 1 aliphatic heterocycles. The van der Waals surface area contributed by atoms with Gasteiger partial charge in [0.1, 0.15) is 12.4 Å². The van der Waals surface area contributed by atoms with Crippen LogP contribution in [0.3, 0.4) is 0 Å². The molecule has 2 aromatic rings. The Morgan fingerprint density at radius 1 is 1.09 bits per heavy atom. The Hall–Kier alpha value is -2.29. The molecular weight excluding hydrogens is 274 g/mol. The topological polar surface area (TPSA) is 38.3 Å². The number of hydrogen-bond donors (Lipinski definition) is 1. The van der Waals surface area contributed by atoms with Gasteiger partial charge in [0, 0.05) is 6.54 Å². The molecule has 1 atom stereocenters. The number of nitrogens with one attached hydrogen (secondary N) is 1. The van der Waals surface area contributed by atoms with Gasteiger partial charge in [0.15, 0.2) is 0 Å². The van der Waals surface area contributed by atoms with E-state index in [0.717, 1.165) is 30.6 Å². The Morgan fingerprint density at radius 2 is 1.86 bits per heavy atom. The van der Waals surface area contributed by atoms with E-state index in [4.69, 9.17) is 4.74 Å². The molecule has 0 saturated heterocycles. The fraction of sp³-hybridized carbons (Fsp3) is 0.316. The Bertz CT molecular complexity index is 624. The lowest BCUT2D eigenvalue weighted by Gasteiger charge is -2.24. The third kappa shape index (κ3) is 3.67. The van der Waals surface area contributed by atoms with Crippen LogP contribution in [0.1, 0.15) is 17.5 Å². The number of benzene rings is 2. The minimum atomic E-state index is -0.0772. The number of hydrogen-bond acceptors (Lipinski definition) is 2. The van der Waals surface area contributed by atoms with Gasteiger partial charge in [-0.05, 0) is 36.5 Å². The Kier molecular flexibility index (Phi) is 4.74. The Balaban J connectivity index is 1.43. The van der Waals surface area contributed by atoms with Crippen LogP contribution in [0.4, 0.5) is 0 Å². The van der Waals surface area contributed by atoms with Crippen molar-refractivity contribution in [1.29, 1.82) is 0 Å². The van der Waals surface area contributed by atoms with E-state index in [1.54, 1.807) is 0 Å². The zero-order valence-corrected chi connectivity index (χ0v) is 12.6. The van der Waals surface area contributed by atoms with Crippen molar-refractivity contribution in [2.24, 2.45) is 5.92 Å². The molecule has 3 nitrogen and oxygen atoms in total. The Morgan fingerprint density at radius 3 is 2.73 bits per heavy atom. The normalized spacial score (nSPS) is 16.5. The number of fused-ring (bicyclic) bond motifs is 1. The standard InChI is InChI=1S/C19H21NO2/c21-19(20-12-6-9-15-7-2-1-3-8-15)17-13-16-10-4-5-11-18(16)22-14-17/h1-5,7-8,10-11,17H,6,9,12-14H2,(H,20,21)/t17-/m0/s1. The molecule has 1 aliphatic rings. The van der Waals surface area contributed by atoms with Gasteiger partial charge in [-0.3, -0.25) is 4.79 Å². The number of para-hydroxylation sites is 1. The van der Waals surface area contributed by atoms with Gasteiger partial charge in [-0.1, -0.05) is 48.5 Å². The summed E-state index contributed by atoms with van der Waals surface area (Å²) in [5, 5.41) is 3.03. The largest absolute Gasteiger partial charge is 0.492 e. The number of rotatable bonds is 5. The van der Waals surface area contributed by atoms with Crippen LogP contribution in [0.2, 0.25) is 0 Å². The van der Waals surface area contributed by atoms with Crippen molar-refractivity contribution in [3.63, 3.8) is 0 Å². The average Bonchev–Trinajstić information content (AvgIpc) is 2.59. The average molecular weight is 295 g/mol. The monoisotopic (exact) mass is 295 g/mol. The fourth-order valence-electron chi connectivity index (χ4n) is 2.79. The number of amides is 1. The highest BCUT2D eigenvalue weighted by atomic mass is 16.5. The molecule has 3 rings (SSSR count). The second-order valence-electron chi connectivity index (χ2n) is 5.70. The molecule has 22 heavy (non-hydrogen) atoms. The van der Waals surface area contributed by atoms with Gasteiger partial charge < -0.3 is 10.1 Å². The maximum Gasteiger partial charge on any atom is 0.226 e. The molecular formula is C19H21NO2. The smallest absolute Gasteiger partial charge is 0.226 e. The summed E-state index contributed by atoms with van der Waals surface area (Å²) in [7, 11) is 0. The second-order valence-corrected chi connectivity index (χ2v) is 5.70. The van der Waals surface area contributed by atoms with Crippen LogP contribution < -0.4 is 10.1 Å². The number of ether oxygens (including phenoxy) is 1. The van der Waals surface area contributed by atoms with Crippen LogP contribution in [0.15, 0.2) is 54.6 Å². The van der Waals surface area contributed by atoms with E-state index < -0.39 is 0 Å². The zero-order chi connectivity index (χ0) is 15.2. The van der Waals surface area contributed by atoms with Crippen molar-refractivity contribution < 1.29 is 9.53 Å². The van der Waals surface area contributed by atoms with Gasteiger partial charge in [-0.15, -0.1) is 0 Å². The van der Waals surface area contributed by atoms with Crippen molar-refractivity contribution in [2.45, 2.75) is 19.3 Å². The van der Waals surface area contributed by atoms with E-state index in [1.807, 2.05) is 42.5 Å². The van der Waals surface area contributed by atoms with E-state index in [1.165, 1.54) is 5.56 Å². The Labute approximate surface area is 131 Å². The predicted octanol–water partition coefficient (Wildman–Crippen LogP) is 2.99. The first kappa shape index (κ1) is 14.6. The highest BCUT2D eigenvalue weighted by Crippen LogP contribution is 2.26. The van der Waals surface area contributed by atoms with Crippen LogP contribution in [0, 0.1) is 5.92 Å². The molecule has 1 N–H and O–H groups in total. The maximum absolute atomic E-state index is 12.2. The third-order valence-electron chi connectivity index (χ3n) is 4.03. The SMILES string of the molecule is O=C(NCCCc1ccccc1)[C@@H]1COc2ccccc2C1. The van der Waals surface area contributed by atoms with E-state index >= 15 is 0 Å². The summed E-state index contributed by atoms with van der Waals surface area (Å²) in [6.07, 6.45) is 2.71. The number of carbonyl (C=O) groups excluding carboxylic acids is 1. The summed E-state index contributed by atoms with van der Waals surface area (Å²) in [6.45, 7) is 1.19. The molecule has 0 aliphatic carbocycles. The van der Waals surface area contributed by atoms with Gasteiger partial charge in [0.25, 0.3) is 0 Å². The molecule has 0 bridgehead atoms. The van der Waals surface area contributed by atoms with Crippen molar-refractivity contribution in [2.75, 3.05) is 13.2 Å². The highest BCUT2D eigenvalue weighted by molar-refractivity contribution is 5.79. The molecule has 0 aromatic heterocycles. The van der Waals surface area contributed by atoms with Crippen LogP contribution in [-0.4, -0.2) is 19.1 Å². The molecule has 0 radical (unpaired) electrons. The van der Waals surface area contributed by atoms with Crippen molar-refractivity contribution in [3.05, 3.63) is 65.7 Å². The lowest BCUT2D eigenvalue weighted by Crippen LogP contribution is -2.37. The molecule has 0 unspecified atom stereocenters. The zero-order valence-electron chi connectivity index (χ0n) is 12.6. The van der Waals surface area contributed by atoms with E-state index in [9.17, 15) is 4.79 Å². The van der Waals surface area contributed by atoms with Crippen molar-refractivity contribution in [1.82, 2.24) is 5.32 Å². The fourth-order valence-corrected chi connectivity index (χ4v) is 2.79. The highest BCUT2D eigenvalue weighted by Gasteiger charge is 2.25. The second kappa shape index (κ2) is 7.12. The van der Waals surface area contributed by atoms with Crippen LogP contribution in [-0.2, 0) is 17.6 Å². The summed E-state index contributed by atoms with van der Waals surface area (Å²) < 4.78 is 5.67. The first-order valence-corrected chi connectivity index (χ1v) is 7.85. The molecule has 2 aromatic carbocycles. The summed E-state index contributed by atoms with van der Waals surface area (Å²) in [5.74, 6) is 0.935. The molecule has 1 amide bonds. The van der Waals surface area contributed by atoms with Crippen molar-refractivity contribution >= 4 is 5.91 Å². The van der Waals surface area contributed by atoms with E-state index in [2.05, 4.69) is 17.4 Å². The first-order valence-electron chi connectivity index (χ1n) is 7.85. The summed E-state index contributed by atoms with van der Waals surface area (Å²) in [6, 6.07) is 18.3. The van der Waals surface area contributed by atoms with Gasteiger partial charge in [-0.2, -0.15) is 0 Å². The third-order valence-corrected chi connectivity index (χ3v) is 4.03. The molecule has 3 heteroatoms. The molecule has 0 saturated carbocycles. The lowest BCUT2D eigenvalue weighted by atomic mass is 9.96.